The van der Waals surface area contributed by atoms with Crippen LogP contribution in [0.1, 0.15) is 5.56 Å². The fraction of sp³-hybridized carbons (Fsp3) is 0.0556. The number of amides is 3. The van der Waals surface area contributed by atoms with Gasteiger partial charge in [-0.05, 0) is 47.7 Å². The summed E-state index contributed by atoms with van der Waals surface area (Å²) in [5.41, 5.74) is 0.513. The smallest absolute Gasteiger partial charge is 0.294 e. The van der Waals surface area contributed by atoms with Crippen molar-refractivity contribution in [3.63, 3.8) is 0 Å². The van der Waals surface area contributed by atoms with Crippen molar-refractivity contribution < 1.29 is 23.2 Å². The van der Waals surface area contributed by atoms with Crippen LogP contribution in [0.5, 0.6) is 0 Å². The van der Waals surface area contributed by atoms with Crippen LogP contribution in [0.15, 0.2) is 53.4 Å². The van der Waals surface area contributed by atoms with Gasteiger partial charge in [-0.3, -0.25) is 19.3 Å². The number of rotatable bonds is 4. The van der Waals surface area contributed by atoms with Crippen LogP contribution in [-0.2, 0) is 9.59 Å². The second-order valence-electron chi connectivity index (χ2n) is 5.35. The van der Waals surface area contributed by atoms with Gasteiger partial charge in [-0.25, -0.2) is 8.78 Å². The molecule has 2 aromatic carbocycles. The summed E-state index contributed by atoms with van der Waals surface area (Å²) in [5.74, 6) is -2.36. The van der Waals surface area contributed by atoms with E-state index in [9.17, 15) is 23.2 Å². The molecule has 1 aliphatic rings. The van der Waals surface area contributed by atoms with Crippen molar-refractivity contribution in [1.82, 2.24) is 4.90 Å². The van der Waals surface area contributed by atoms with E-state index in [1.54, 1.807) is 6.07 Å². The average molecular weight is 374 g/mol. The Hall–Kier alpha value is -3.00. The molecular formula is C18H12F2N2O3S. The van der Waals surface area contributed by atoms with Gasteiger partial charge in [-0.1, -0.05) is 24.3 Å². The Balaban J connectivity index is 1.70. The number of carbonyl (C=O) groups is 3. The highest BCUT2D eigenvalue weighted by atomic mass is 32.2. The summed E-state index contributed by atoms with van der Waals surface area (Å²) in [6, 6.07) is 11.0. The average Bonchev–Trinajstić information content (AvgIpc) is 2.86. The molecule has 0 atom stereocenters. The molecule has 0 bridgehead atoms. The van der Waals surface area contributed by atoms with Crippen molar-refractivity contribution >= 4 is 40.6 Å². The molecular weight excluding hydrogens is 362 g/mol. The number of nitrogens with zero attached hydrogens (tertiary/aromatic N) is 1. The van der Waals surface area contributed by atoms with Gasteiger partial charge >= 0.3 is 0 Å². The Labute approximate surface area is 151 Å². The Bertz CT molecular complexity index is 913. The third-order valence-corrected chi connectivity index (χ3v) is 4.40. The van der Waals surface area contributed by atoms with Gasteiger partial charge in [0.2, 0.25) is 5.91 Å². The van der Waals surface area contributed by atoms with Crippen LogP contribution in [0.2, 0.25) is 0 Å². The van der Waals surface area contributed by atoms with Crippen molar-refractivity contribution in [2.75, 3.05) is 11.9 Å². The molecule has 5 nitrogen and oxygen atoms in total. The number of nitrogens with one attached hydrogen (secondary N) is 1. The molecule has 0 radical (unpaired) electrons. The first-order valence-electron chi connectivity index (χ1n) is 7.49. The molecule has 1 heterocycles. The number of thioether (sulfide) groups is 1. The van der Waals surface area contributed by atoms with Crippen LogP contribution in [0.3, 0.4) is 0 Å². The molecule has 26 heavy (non-hydrogen) atoms. The summed E-state index contributed by atoms with van der Waals surface area (Å²) in [6.45, 7) is -0.528. The van der Waals surface area contributed by atoms with Crippen LogP contribution >= 0.6 is 11.8 Å². The summed E-state index contributed by atoms with van der Waals surface area (Å²) < 4.78 is 26.5. The van der Waals surface area contributed by atoms with Crippen LogP contribution < -0.4 is 5.32 Å². The maximum Gasteiger partial charge on any atom is 0.294 e. The molecule has 0 spiro atoms. The van der Waals surface area contributed by atoms with Gasteiger partial charge in [0.05, 0.1) is 10.6 Å². The molecule has 3 rings (SSSR count). The molecule has 3 amide bonds. The van der Waals surface area contributed by atoms with E-state index in [1.807, 2.05) is 0 Å². The molecule has 1 fully saturated rings. The zero-order valence-electron chi connectivity index (χ0n) is 13.2. The third-order valence-electron chi connectivity index (χ3n) is 3.49. The van der Waals surface area contributed by atoms with E-state index in [2.05, 4.69) is 5.32 Å². The molecule has 8 heteroatoms. The van der Waals surface area contributed by atoms with Gasteiger partial charge in [-0.15, -0.1) is 0 Å². The number of halogens is 2. The van der Waals surface area contributed by atoms with E-state index in [0.29, 0.717) is 17.3 Å². The molecule has 0 saturated carbocycles. The lowest BCUT2D eigenvalue weighted by Crippen LogP contribution is -2.36. The maximum atomic E-state index is 13.5. The van der Waals surface area contributed by atoms with Crippen LogP contribution in [0.4, 0.5) is 19.3 Å². The van der Waals surface area contributed by atoms with Gasteiger partial charge in [0.15, 0.2) is 0 Å². The Kier molecular flexibility index (Phi) is 5.13. The maximum absolute atomic E-state index is 13.5. The van der Waals surface area contributed by atoms with Crippen LogP contribution in [0, 0.1) is 11.6 Å². The molecule has 132 valence electrons. The molecule has 1 N–H and O–H groups in total. The highest BCUT2D eigenvalue weighted by Crippen LogP contribution is 2.32. The topological polar surface area (TPSA) is 66.5 Å². The minimum absolute atomic E-state index is 0.0358. The Morgan fingerprint density at radius 1 is 1.08 bits per heavy atom. The lowest BCUT2D eigenvalue weighted by Gasteiger charge is -2.12. The summed E-state index contributed by atoms with van der Waals surface area (Å²) in [5, 5.41) is 1.71. The molecule has 0 aromatic heterocycles. The number of benzene rings is 2. The highest BCUT2D eigenvalue weighted by molar-refractivity contribution is 8.18. The minimum atomic E-state index is -0.694. The largest absolute Gasteiger partial charge is 0.322 e. The molecule has 1 aliphatic heterocycles. The monoisotopic (exact) mass is 374 g/mol. The van der Waals surface area contributed by atoms with Gasteiger partial charge in [-0.2, -0.15) is 0 Å². The predicted molar refractivity (Wildman–Crippen MR) is 94.1 cm³/mol. The van der Waals surface area contributed by atoms with Crippen LogP contribution in [-0.4, -0.2) is 28.5 Å². The van der Waals surface area contributed by atoms with Crippen molar-refractivity contribution in [2.45, 2.75) is 0 Å². The SMILES string of the molecule is O=C(CN1C(=O)S/C(=C\c2ccc(F)cc2)C1=O)Nc1ccccc1F. The van der Waals surface area contributed by atoms with Crippen molar-refractivity contribution in [3.05, 3.63) is 70.6 Å². The number of carbonyl (C=O) groups excluding carboxylic acids is 3. The van der Waals surface area contributed by atoms with E-state index < -0.39 is 35.2 Å². The zero-order chi connectivity index (χ0) is 18.7. The van der Waals surface area contributed by atoms with Crippen molar-refractivity contribution in [1.29, 1.82) is 0 Å². The molecule has 1 saturated heterocycles. The molecule has 0 aliphatic carbocycles. The lowest BCUT2D eigenvalue weighted by atomic mass is 10.2. The zero-order valence-corrected chi connectivity index (χ0v) is 14.1. The van der Waals surface area contributed by atoms with E-state index in [4.69, 9.17) is 0 Å². The normalized spacial score (nSPS) is 15.6. The molecule has 0 unspecified atom stereocenters. The predicted octanol–water partition coefficient (Wildman–Crippen LogP) is 3.64. The van der Waals surface area contributed by atoms with Gasteiger partial charge in [0.1, 0.15) is 18.2 Å². The Morgan fingerprint density at radius 3 is 2.46 bits per heavy atom. The van der Waals surface area contributed by atoms with Crippen LogP contribution in [0.25, 0.3) is 6.08 Å². The third kappa shape index (κ3) is 3.97. The second kappa shape index (κ2) is 7.49. The quantitative estimate of drug-likeness (QED) is 0.830. The van der Waals surface area contributed by atoms with E-state index in [1.165, 1.54) is 48.5 Å². The number of hydrogen-bond donors (Lipinski definition) is 1. The number of hydrogen-bond acceptors (Lipinski definition) is 4. The number of para-hydroxylation sites is 1. The van der Waals surface area contributed by atoms with Gasteiger partial charge in [0, 0.05) is 0 Å². The fourth-order valence-corrected chi connectivity index (χ4v) is 3.08. The van der Waals surface area contributed by atoms with Crippen molar-refractivity contribution in [2.24, 2.45) is 0 Å². The van der Waals surface area contributed by atoms with Gasteiger partial charge in [0.25, 0.3) is 11.1 Å². The summed E-state index contributed by atoms with van der Waals surface area (Å²) in [4.78, 5) is 37.3. The summed E-state index contributed by atoms with van der Waals surface area (Å²) in [6.07, 6.45) is 1.44. The van der Waals surface area contributed by atoms with E-state index in [0.717, 1.165) is 4.90 Å². The number of anilines is 1. The number of imide groups is 1. The first-order chi connectivity index (χ1) is 12.4. The second-order valence-corrected chi connectivity index (χ2v) is 6.34. The van der Waals surface area contributed by atoms with Gasteiger partial charge < -0.3 is 5.32 Å². The minimum Gasteiger partial charge on any atom is -0.322 e. The summed E-state index contributed by atoms with van der Waals surface area (Å²) >= 11 is 0.683. The first-order valence-corrected chi connectivity index (χ1v) is 8.31. The van der Waals surface area contributed by atoms with Crippen molar-refractivity contribution in [3.8, 4) is 0 Å². The summed E-state index contributed by atoms with van der Waals surface area (Å²) in [7, 11) is 0. The standard InChI is InChI=1S/C18H12F2N2O3S/c19-12-7-5-11(6-8-12)9-15-17(24)22(18(25)26-15)10-16(23)21-14-4-2-1-3-13(14)20/h1-9H,10H2,(H,21,23)/b15-9-. The first kappa shape index (κ1) is 17.8. The van der Waals surface area contributed by atoms with E-state index >= 15 is 0 Å². The van der Waals surface area contributed by atoms with E-state index in [-0.39, 0.29) is 10.6 Å². The lowest BCUT2D eigenvalue weighted by molar-refractivity contribution is -0.127. The fourth-order valence-electron chi connectivity index (χ4n) is 2.24. The highest BCUT2D eigenvalue weighted by Gasteiger charge is 2.36. The Morgan fingerprint density at radius 2 is 1.77 bits per heavy atom. The molecule has 2 aromatic rings.